The summed E-state index contributed by atoms with van der Waals surface area (Å²) in [6.07, 6.45) is 6.44. The molecular weight excluding hydrogens is 741 g/mol. The van der Waals surface area contributed by atoms with Crippen LogP contribution in [0.1, 0.15) is 130 Å². The highest BCUT2D eigenvalue weighted by Gasteiger charge is 2.37. The Morgan fingerprint density at radius 3 is 1.95 bits per heavy atom. The summed E-state index contributed by atoms with van der Waals surface area (Å²) in [5.41, 5.74) is 7.34. The van der Waals surface area contributed by atoms with Gasteiger partial charge in [0.15, 0.2) is 0 Å². The van der Waals surface area contributed by atoms with E-state index in [1.54, 1.807) is 9.80 Å². The SMILES string of the molecule is CC(C)(C)OC(=O)N1CCCC1C(=O)Nc1ccc(C2CCCN2c2ccc(C(C)(C)C)c(-c3ccc(-c4c[nH]c([C@@H]5CCCN5C(=O)OC(C)(C)C)n4)cc3)c2)cc1. The van der Waals surface area contributed by atoms with Gasteiger partial charge in [0, 0.05) is 42.8 Å². The number of hydrogen-bond donors (Lipinski definition) is 2. The Hall–Kier alpha value is -5.32. The fourth-order valence-electron chi connectivity index (χ4n) is 8.68. The second-order valence-electron chi connectivity index (χ2n) is 19.4. The first kappa shape index (κ1) is 41.8. The highest BCUT2D eigenvalue weighted by atomic mass is 16.6. The van der Waals surface area contributed by atoms with Crippen molar-refractivity contribution in [1.29, 1.82) is 0 Å². The largest absolute Gasteiger partial charge is 0.444 e. The van der Waals surface area contributed by atoms with Gasteiger partial charge < -0.3 is 24.7 Å². The number of hydrogen-bond acceptors (Lipinski definition) is 7. The summed E-state index contributed by atoms with van der Waals surface area (Å²) in [7, 11) is 0. The number of nitrogens with one attached hydrogen (secondary N) is 2. The van der Waals surface area contributed by atoms with Crippen molar-refractivity contribution < 1.29 is 23.9 Å². The quantitative estimate of drug-likeness (QED) is 0.191. The number of likely N-dealkylation sites (tertiary alicyclic amines) is 2. The molecule has 0 radical (unpaired) electrons. The molecule has 3 amide bonds. The minimum Gasteiger partial charge on any atom is -0.444 e. The second kappa shape index (κ2) is 16.4. The van der Waals surface area contributed by atoms with Crippen LogP contribution in [0.3, 0.4) is 0 Å². The van der Waals surface area contributed by atoms with Crippen molar-refractivity contribution in [3.63, 3.8) is 0 Å². The zero-order valence-corrected chi connectivity index (χ0v) is 36.4. The molecule has 7 rings (SSSR count). The lowest BCUT2D eigenvalue weighted by Crippen LogP contribution is -2.45. The highest BCUT2D eigenvalue weighted by Crippen LogP contribution is 2.42. The van der Waals surface area contributed by atoms with Crippen LogP contribution < -0.4 is 10.2 Å². The van der Waals surface area contributed by atoms with Crippen LogP contribution in [-0.2, 0) is 19.7 Å². The molecular formula is C48H62N6O5. The zero-order valence-electron chi connectivity index (χ0n) is 36.4. The average molecular weight is 803 g/mol. The number of nitrogens with zero attached hydrogens (tertiary/aromatic N) is 4. The summed E-state index contributed by atoms with van der Waals surface area (Å²) in [6.45, 7) is 20.1. The third-order valence-corrected chi connectivity index (χ3v) is 11.4. The normalized spacial score (nSPS) is 19.9. The molecule has 11 nitrogen and oxygen atoms in total. The Balaban J connectivity index is 1.06. The highest BCUT2D eigenvalue weighted by molar-refractivity contribution is 5.97. The second-order valence-corrected chi connectivity index (χ2v) is 19.4. The molecule has 4 heterocycles. The molecule has 3 aromatic carbocycles. The van der Waals surface area contributed by atoms with E-state index in [1.807, 2.05) is 59.9 Å². The lowest BCUT2D eigenvalue weighted by Gasteiger charge is -2.30. The molecule has 3 aliphatic rings. The molecule has 0 aliphatic carbocycles. The number of aromatic nitrogens is 2. The number of imidazole rings is 1. The molecule has 59 heavy (non-hydrogen) atoms. The summed E-state index contributed by atoms with van der Waals surface area (Å²) in [5, 5.41) is 3.05. The molecule has 314 valence electrons. The number of benzene rings is 3. The molecule has 0 spiro atoms. The number of ether oxygens (including phenoxy) is 2. The van der Waals surface area contributed by atoms with Crippen LogP contribution in [0.15, 0.2) is 72.9 Å². The summed E-state index contributed by atoms with van der Waals surface area (Å²) >= 11 is 0. The van der Waals surface area contributed by atoms with Gasteiger partial charge in [0.2, 0.25) is 5.91 Å². The predicted octanol–water partition coefficient (Wildman–Crippen LogP) is 10.8. The summed E-state index contributed by atoms with van der Waals surface area (Å²) in [4.78, 5) is 53.3. The Morgan fingerprint density at radius 1 is 0.695 bits per heavy atom. The van der Waals surface area contributed by atoms with Crippen LogP contribution >= 0.6 is 0 Å². The van der Waals surface area contributed by atoms with E-state index in [1.165, 1.54) is 22.4 Å². The predicted molar refractivity (Wildman–Crippen MR) is 233 cm³/mol. The Morgan fingerprint density at radius 2 is 1.29 bits per heavy atom. The van der Waals surface area contributed by atoms with Gasteiger partial charge in [-0.25, -0.2) is 14.6 Å². The number of anilines is 2. The molecule has 2 N–H and O–H groups in total. The summed E-state index contributed by atoms with van der Waals surface area (Å²) < 4.78 is 11.3. The molecule has 4 aromatic rings. The van der Waals surface area contributed by atoms with Gasteiger partial charge in [0.25, 0.3) is 0 Å². The van der Waals surface area contributed by atoms with E-state index in [4.69, 9.17) is 14.5 Å². The molecule has 2 unspecified atom stereocenters. The van der Waals surface area contributed by atoms with E-state index in [9.17, 15) is 14.4 Å². The smallest absolute Gasteiger partial charge is 0.410 e. The third kappa shape index (κ3) is 9.61. The van der Waals surface area contributed by atoms with Gasteiger partial charge >= 0.3 is 12.2 Å². The maximum absolute atomic E-state index is 13.3. The van der Waals surface area contributed by atoms with Gasteiger partial charge in [0.05, 0.1) is 17.8 Å². The maximum Gasteiger partial charge on any atom is 0.410 e. The Labute approximate surface area is 349 Å². The lowest BCUT2D eigenvalue weighted by atomic mass is 9.81. The monoisotopic (exact) mass is 802 g/mol. The average Bonchev–Trinajstić information content (AvgIpc) is 4.00. The zero-order chi connectivity index (χ0) is 42.3. The first-order chi connectivity index (χ1) is 27.8. The minimum atomic E-state index is -0.620. The van der Waals surface area contributed by atoms with Crippen LogP contribution in [0, 0.1) is 0 Å². The number of H-pyrrole nitrogens is 1. The molecule has 3 saturated heterocycles. The van der Waals surface area contributed by atoms with E-state index in [0.717, 1.165) is 61.3 Å². The van der Waals surface area contributed by atoms with Crippen molar-refractivity contribution in [2.24, 2.45) is 0 Å². The van der Waals surface area contributed by atoms with Gasteiger partial charge in [-0.2, -0.15) is 0 Å². The molecule has 3 fully saturated rings. The third-order valence-electron chi connectivity index (χ3n) is 11.4. The van der Waals surface area contributed by atoms with Crippen molar-refractivity contribution in [2.75, 3.05) is 29.9 Å². The van der Waals surface area contributed by atoms with E-state index in [0.29, 0.717) is 25.2 Å². The van der Waals surface area contributed by atoms with Gasteiger partial charge in [-0.3, -0.25) is 14.6 Å². The maximum atomic E-state index is 13.3. The van der Waals surface area contributed by atoms with Gasteiger partial charge in [0.1, 0.15) is 23.1 Å². The number of carbonyl (C=O) groups is 3. The van der Waals surface area contributed by atoms with E-state index in [-0.39, 0.29) is 29.5 Å². The van der Waals surface area contributed by atoms with Crippen LogP contribution in [0.2, 0.25) is 0 Å². The molecule has 0 bridgehead atoms. The van der Waals surface area contributed by atoms with Crippen LogP contribution in [0.4, 0.5) is 21.0 Å². The van der Waals surface area contributed by atoms with Crippen molar-refractivity contribution in [2.45, 2.75) is 136 Å². The minimum absolute atomic E-state index is 0.0714. The van der Waals surface area contributed by atoms with E-state index >= 15 is 0 Å². The number of carbonyl (C=O) groups excluding carboxylic acids is 3. The number of amides is 3. The standard InChI is InChI=1S/C48H62N6O5/c1-46(2,3)37-25-24-35(29-36(37)31-16-18-32(19-17-31)38-30-49-42(51-38)40-14-11-27-53(40)44(56)58-47(4,5)6)52-26-10-13-39(52)33-20-22-34(23-21-33)50-43(55)41-15-12-28-54(41)45(57)59-48(7,8)9/h16-25,29-30,39-41H,10-15,26-28H2,1-9H3,(H,49,51)(H,50,55)/t39?,40-,41?/m0/s1. The number of rotatable bonds is 7. The lowest BCUT2D eigenvalue weighted by molar-refractivity contribution is -0.120. The fraction of sp³-hybridized carbons (Fsp3) is 0.500. The molecule has 0 saturated carbocycles. The number of aromatic amines is 1. The Bertz CT molecular complexity index is 2140. The van der Waals surface area contributed by atoms with E-state index in [2.05, 4.69) is 90.6 Å². The van der Waals surface area contributed by atoms with Gasteiger partial charge in [-0.05, 0) is 132 Å². The molecule has 11 heteroatoms. The van der Waals surface area contributed by atoms with Gasteiger partial charge in [-0.1, -0.05) is 63.2 Å². The van der Waals surface area contributed by atoms with Crippen molar-refractivity contribution in [1.82, 2.24) is 19.8 Å². The van der Waals surface area contributed by atoms with Crippen LogP contribution in [0.5, 0.6) is 0 Å². The van der Waals surface area contributed by atoms with Crippen LogP contribution in [-0.4, -0.2) is 74.7 Å². The van der Waals surface area contributed by atoms with Crippen molar-refractivity contribution >= 4 is 29.5 Å². The summed E-state index contributed by atoms with van der Waals surface area (Å²) in [6, 6.07) is 23.2. The Kier molecular flexibility index (Phi) is 11.6. The van der Waals surface area contributed by atoms with Crippen LogP contribution in [0.25, 0.3) is 22.4 Å². The van der Waals surface area contributed by atoms with Gasteiger partial charge in [-0.15, -0.1) is 0 Å². The van der Waals surface area contributed by atoms with Crippen molar-refractivity contribution in [3.05, 3.63) is 89.9 Å². The molecule has 1 aromatic heterocycles. The van der Waals surface area contributed by atoms with Crippen molar-refractivity contribution in [3.8, 4) is 22.4 Å². The molecule has 3 atom stereocenters. The first-order valence-electron chi connectivity index (χ1n) is 21.3. The summed E-state index contributed by atoms with van der Waals surface area (Å²) in [5.74, 6) is 0.596. The fourth-order valence-corrected chi connectivity index (χ4v) is 8.68. The van der Waals surface area contributed by atoms with E-state index < -0.39 is 23.3 Å². The first-order valence-corrected chi connectivity index (χ1v) is 21.3. The molecule has 3 aliphatic heterocycles. The topological polar surface area (TPSA) is 120 Å².